The van der Waals surface area contributed by atoms with Crippen molar-refractivity contribution in [2.75, 3.05) is 36.1 Å². The molecule has 0 bridgehead atoms. The van der Waals surface area contributed by atoms with Gasteiger partial charge in [0.1, 0.15) is 5.82 Å². The van der Waals surface area contributed by atoms with Crippen molar-refractivity contribution in [1.29, 1.82) is 0 Å². The first-order chi connectivity index (χ1) is 18.5. The van der Waals surface area contributed by atoms with Crippen LogP contribution in [0.5, 0.6) is 0 Å². The number of nitrogens with one attached hydrogen (secondary N) is 1. The number of morpholine rings is 1. The molecule has 8 heteroatoms. The van der Waals surface area contributed by atoms with E-state index in [-0.39, 0.29) is 17.9 Å². The van der Waals surface area contributed by atoms with Gasteiger partial charge in [-0.15, -0.1) is 0 Å². The highest BCUT2D eigenvalue weighted by Gasteiger charge is 2.42. The zero-order valence-corrected chi connectivity index (χ0v) is 22.3. The molecular formula is C30H30FN5OS. The molecular weight excluding hydrogens is 497 g/mol. The highest BCUT2D eigenvalue weighted by Crippen LogP contribution is 2.44. The molecule has 2 aliphatic heterocycles. The predicted octanol–water partition coefficient (Wildman–Crippen LogP) is 5.64. The van der Waals surface area contributed by atoms with Crippen LogP contribution < -0.4 is 15.1 Å². The second-order valence-electron chi connectivity index (χ2n) is 9.73. The summed E-state index contributed by atoms with van der Waals surface area (Å²) in [6.07, 6.45) is 1.81. The number of nitrogens with zero attached hydrogens (tertiary/aromatic N) is 4. The minimum atomic E-state index is -0.252. The molecule has 2 atom stereocenters. The Labute approximate surface area is 227 Å². The molecule has 0 aliphatic carbocycles. The lowest BCUT2D eigenvalue weighted by Crippen LogP contribution is -2.36. The van der Waals surface area contributed by atoms with E-state index in [1.165, 1.54) is 11.8 Å². The number of hydrogen-bond acceptors (Lipinski definition) is 4. The number of aryl methyl sites for hydroxylation is 1. The average molecular weight is 528 g/mol. The van der Waals surface area contributed by atoms with Crippen molar-refractivity contribution in [2.24, 2.45) is 0 Å². The molecule has 2 aliphatic rings. The molecule has 1 N–H and O–H groups in total. The molecule has 6 rings (SSSR count). The van der Waals surface area contributed by atoms with Crippen molar-refractivity contribution in [2.45, 2.75) is 25.9 Å². The zero-order chi connectivity index (χ0) is 26.2. The highest BCUT2D eigenvalue weighted by molar-refractivity contribution is 7.80. The number of thiocarbonyl (C=S) groups is 1. The minimum Gasteiger partial charge on any atom is -0.378 e. The first-order valence-corrected chi connectivity index (χ1v) is 13.3. The molecule has 6 nitrogen and oxygen atoms in total. The Morgan fingerprint density at radius 3 is 2.37 bits per heavy atom. The molecule has 0 saturated carbocycles. The summed E-state index contributed by atoms with van der Waals surface area (Å²) in [4.78, 5) is 9.18. The maximum Gasteiger partial charge on any atom is 0.174 e. The first kappa shape index (κ1) is 24.6. The van der Waals surface area contributed by atoms with Crippen molar-refractivity contribution in [3.63, 3.8) is 0 Å². The summed E-state index contributed by atoms with van der Waals surface area (Å²) in [5.74, 6) is -0.252. The standard InChI is InChI=1S/C30H30FN5OS/c1-20-19-24(21(2)35(20)27-9-4-3-7-25(27)31)29-28(26-8-5-6-14-32-26)33-30(38)36(29)23-12-10-22(11-13-23)34-15-17-37-18-16-34/h3-14,19,28-29H,15-18H2,1-2H3,(H,33,38). The third kappa shape index (κ3) is 4.33. The fraction of sp³-hybridized carbons (Fsp3) is 0.267. The Balaban J connectivity index is 1.44. The molecule has 4 aromatic rings. The van der Waals surface area contributed by atoms with E-state index in [0.717, 1.165) is 54.6 Å². The molecule has 2 unspecified atom stereocenters. The highest BCUT2D eigenvalue weighted by atomic mass is 32.1. The van der Waals surface area contributed by atoms with Gasteiger partial charge in [0.05, 0.1) is 36.7 Å². The molecule has 2 saturated heterocycles. The lowest BCUT2D eigenvalue weighted by Gasteiger charge is -2.31. The van der Waals surface area contributed by atoms with Gasteiger partial charge in [-0.05, 0) is 86.2 Å². The number of pyridine rings is 1. The van der Waals surface area contributed by atoms with E-state index in [9.17, 15) is 4.39 Å². The lowest BCUT2D eigenvalue weighted by atomic mass is 9.96. The largest absolute Gasteiger partial charge is 0.378 e. The Morgan fingerprint density at radius 1 is 0.947 bits per heavy atom. The second-order valence-corrected chi connectivity index (χ2v) is 10.1. The van der Waals surface area contributed by atoms with Gasteiger partial charge in [0.15, 0.2) is 5.11 Å². The van der Waals surface area contributed by atoms with Gasteiger partial charge < -0.3 is 24.4 Å². The Hall–Kier alpha value is -3.75. The van der Waals surface area contributed by atoms with Gasteiger partial charge in [-0.3, -0.25) is 4.98 Å². The minimum absolute atomic E-state index is 0.168. The van der Waals surface area contributed by atoms with Crippen LogP contribution in [0.3, 0.4) is 0 Å². The Morgan fingerprint density at radius 2 is 1.66 bits per heavy atom. The molecule has 0 amide bonds. The molecule has 0 radical (unpaired) electrons. The van der Waals surface area contributed by atoms with Crippen LogP contribution in [0.25, 0.3) is 5.69 Å². The van der Waals surface area contributed by atoms with E-state index < -0.39 is 0 Å². The smallest absolute Gasteiger partial charge is 0.174 e. The summed E-state index contributed by atoms with van der Waals surface area (Å²) in [6, 6.07) is 23.2. The molecule has 0 spiro atoms. The monoisotopic (exact) mass is 527 g/mol. The van der Waals surface area contributed by atoms with Crippen LogP contribution in [0.2, 0.25) is 0 Å². The number of rotatable bonds is 5. The SMILES string of the molecule is Cc1cc(C2C(c3ccccn3)NC(=S)N2c2ccc(N3CCOCC3)cc2)c(C)n1-c1ccccc1F. The van der Waals surface area contributed by atoms with Crippen LogP contribution in [-0.2, 0) is 4.74 Å². The van der Waals surface area contributed by atoms with Gasteiger partial charge in [-0.1, -0.05) is 18.2 Å². The van der Waals surface area contributed by atoms with Crippen LogP contribution in [0.1, 0.15) is 34.7 Å². The van der Waals surface area contributed by atoms with Crippen molar-refractivity contribution >= 4 is 28.7 Å². The fourth-order valence-electron chi connectivity index (χ4n) is 5.69. The number of hydrogen-bond donors (Lipinski definition) is 1. The fourth-order valence-corrected chi connectivity index (χ4v) is 6.03. The number of para-hydroxylation sites is 1. The topological polar surface area (TPSA) is 45.6 Å². The molecule has 2 aromatic carbocycles. The normalized spacial score (nSPS) is 19.6. The summed E-state index contributed by atoms with van der Waals surface area (Å²) in [5, 5.41) is 4.18. The van der Waals surface area contributed by atoms with Crippen molar-refractivity contribution in [3.05, 3.63) is 107 Å². The van der Waals surface area contributed by atoms with Crippen LogP contribution in [0.4, 0.5) is 15.8 Å². The van der Waals surface area contributed by atoms with Crippen LogP contribution in [0, 0.1) is 19.7 Å². The summed E-state index contributed by atoms with van der Waals surface area (Å²) < 4.78 is 22.4. The lowest BCUT2D eigenvalue weighted by molar-refractivity contribution is 0.122. The molecule has 2 fully saturated rings. The number of ether oxygens (including phenoxy) is 1. The number of anilines is 2. The van der Waals surface area contributed by atoms with Crippen LogP contribution in [0.15, 0.2) is 79.0 Å². The second kappa shape index (κ2) is 10.2. The van der Waals surface area contributed by atoms with E-state index in [1.807, 2.05) is 48.7 Å². The number of benzene rings is 2. The van der Waals surface area contributed by atoms with Gasteiger partial charge in [-0.2, -0.15) is 0 Å². The summed E-state index contributed by atoms with van der Waals surface area (Å²) in [7, 11) is 0. The third-order valence-corrected chi connectivity index (χ3v) is 7.80. The summed E-state index contributed by atoms with van der Waals surface area (Å²) in [6.45, 7) is 7.32. The van der Waals surface area contributed by atoms with E-state index in [0.29, 0.717) is 10.8 Å². The van der Waals surface area contributed by atoms with E-state index in [4.69, 9.17) is 17.0 Å². The number of halogens is 1. The number of aromatic nitrogens is 2. The molecule has 2 aromatic heterocycles. The van der Waals surface area contributed by atoms with Crippen LogP contribution in [-0.4, -0.2) is 41.0 Å². The maximum absolute atomic E-state index is 14.9. The van der Waals surface area contributed by atoms with E-state index in [2.05, 4.69) is 50.4 Å². The molecule has 194 valence electrons. The van der Waals surface area contributed by atoms with E-state index in [1.54, 1.807) is 12.3 Å². The quantitative estimate of drug-likeness (QED) is 0.339. The van der Waals surface area contributed by atoms with Gasteiger partial charge in [-0.25, -0.2) is 4.39 Å². The molecule has 38 heavy (non-hydrogen) atoms. The summed E-state index contributed by atoms with van der Waals surface area (Å²) in [5.41, 5.74) is 6.62. The van der Waals surface area contributed by atoms with Gasteiger partial charge in [0.25, 0.3) is 0 Å². The van der Waals surface area contributed by atoms with Crippen LogP contribution >= 0.6 is 12.2 Å². The van der Waals surface area contributed by atoms with Crippen molar-refractivity contribution < 1.29 is 9.13 Å². The Bertz CT molecular complexity index is 1450. The predicted molar refractivity (Wildman–Crippen MR) is 153 cm³/mol. The van der Waals surface area contributed by atoms with Crippen molar-refractivity contribution in [1.82, 2.24) is 14.9 Å². The van der Waals surface area contributed by atoms with Gasteiger partial charge in [0, 0.05) is 42.0 Å². The van der Waals surface area contributed by atoms with Gasteiger partial charge in [0.2, 0.25) is 0 Å². The first-order valence-electron chi connectivity index (χ1n) is 12.9. The van der Waals surface area contributed by atoms with Crippen molar-refractivity contribution in [3.8, 4) is 5.69 Å². The Kier molecular flexibility index (Phi) is 6.59. The maximum atomic E-state index is 14.9. The zero-order valence-electron chi connectivity index (χ0n) is 21.5. The van der Waals surface area contributed by atoms with Gasteiger partial charge >= 0.3 is 0 Å². The summed E-state index contributed by atoms with van der Waals surface area (Å²) >= 11 is 5.93. The van der Waals surface area contributed by atoms with E-state index >= 15 is 0 Å². The average Bonchev–Trinajstić information content (AvgIpc) is 3.45. The third-order valence-electron chi connectivity index (χ3n) is 7.48. The molecule has 4 heterocycles.